The highest BCUT2D eigenvalue weighted by molar-refractivity contribution is 5.44. The Labute approximate surface area is 120 Å². The highest BCUT2D eigenvalue weighted by atomic mass is 16.5. The number of ether oxygens (including phenoxy) is 1. The summed E-state index contributed by atoms with van der Waals surface area (Å²) in [6.07, 6.45) is 4.26. The molecule has 1 aromatic carbocycles. The third kappa shape index (κ3) is 2.83. The van der Waals surface area contributed by atoms with Crippen molar-refractivity contribution in [2.75, 3.05) is 7.11 Å². The van der Waals surface area contributed by atoms with E-state index in [0.717, 1.165) is 18.4 Å². The van der Waals surface area contributed by atoms with Crippen LogP contribution in [0, 0.1) is 5.92 Å². The van der Waals surface area contributed by atoms with Crippen LogP contribution in [0.5, 0.6) is 11.5 Å². The SMILES string of the molecule is COC(C)(C)[C@H]1CCC(C)=C[C@H]1c1cc(O)ccc1O. The molecule has 1 aliphatic rings. The Kier molecular flexibility index (Phi) is 4.09. The minimum absolute atomic E-state index is 0.0609. The van der Waals surface area contributed by atoms with Crippen LogP contribution >= 0.6 is 0 Å². The minimum atomic E-state index is -0.278. The van der Waals surface area contributed by atoms with E-state index in [4.69, 9.17) is 4.74 Å². The van der Waals surface area contributed by atoms with Crippen molar-refractivity contribution < 1.29 is 14.9 Å². The van der Waals surface area contributed by atoms with E-state index in [2.05, 4.69) is 26.8 Å². The van der Waals surface area contributed by atoms with Gasteiger partial charge < -0.3 is 14.9 Å². The van der Waals surface area contributed by atoms with E-state index in [9.17, 15) is 10.2 Å². The molecule has 0 amide bonds. The fourth-order valence-corrected chi connectivity index (χ4v) is 3.12. The average molecular weight is 276 g/mol. The summed E-state index contributed by atoms with van der Waals surface area (Å²) in [6, 6.07) is 4.72. The second-order valence-electron chi connectivity index (χ2n) is 6.23. The van der Waals surface area contributed by atoms with E-state index < -0.39 is 0 Å². The number of benzene rings is 1. The summed E-state index contributed by atoms with van der Waals surface area (Å²) in [5, 5.41) is 19.9. The molecule has 0 bridgehead atoms. The molecule has 2 rings (SSSR count). The average Bonchev–Trinajstić information content (AvgIpc) is 2.41. The number of aromatic hydroxyl groups is 2. The largest absolute Gasteiger partial charge is 0.508 e. The van der Waals surface area contributed by atoms with Crippen LogP contribution in [-0.4, -0.2) is 22.9 Å². The molecule has 3 heteroatoms. The predicted octanol–water partition coefficient (Wildman–Crippen LogP) is 3.96. The molecule has 2 N–H and O–H groups in total. The summed E-state index contributed by atoms with van der Waals surface area (Å²) in [5.74, 6) is 0.744. The quantitative estimate of drug-likeness (QED) is 0.649. The van der Waals surface area contributed by atoms with Crippen LogP contribution in [0.2, 0.25) is 0 Å². The number of rotatable bonds is 3. The molecule has 0 radical (unpaired) electrons. The lowest BCUT2D eigenvalue weighted by molar-refractivity contribution is -0.0375. The molecule has 0 unspecified atom stereocenters. The zero-order valence-electron chi connectivity index (χ0n) is 12.7. The highest BCUT2D eigenvalue weighted by Gasteiger charge is 2.38. The molecule has 1 aromatic rings. The Morgan fingerprint density at radius 2 is 1.95 bits per heavy atom. The standard InChI is InChI=1S/C17H24O3/c1-11-5-7-15(17(2,3)20-4)13(9-11)14-10-12(18)6-8-16(14)19/h6,8-10,13,15,18-19H,5,7H2,1-4H3/t13-,15-/m0/s1. The van der Waals surface area contributed by atoms with Gasteiger partial charge in [0.25, 0.3) is 0 Å². The number of allylic oxidation sites excluding steroid dienone is 2. The lowest BCUT2D eigenvalue weighted by Crippen LogP contribution is -2.38. The molecular weight excluding hydrogens is 252 g/mol. The number of hydrogen-bond donors (Lipinski definition) is 2. The van der Waals surface area contributed by atoms with Gasteiger partial charge in [-0.25, -0.2) is 0 Å². The predicted molar refractivity (Wildman–Crippen MR) is 80.1 cm³/mol. The monoisotopic (exact) mass is 276 g/mol. The molecule has 0 saturated carbocycles. The van der Waals surface area contributed by atoms with Crippen molar-refractivity contribution in [2.24, 2.45) is 5.92 Å². The zero-order valence-corrected chi connectivity index (χ0v) is 12.7. The van der Waals surface area contributed by atoms with Crippen molar-refractivity contribution in [3.8, 4) is 11.5 Å². The molecule has 1 aliphatic carbocycles. The third-order valence-electron chi connectivity index (χ3n) is 4.54. The first kappa shape index (κ1) is 14.9. The Morgan fingerprint density at radius 1 is 1.25 bits per heavy atom. The van der Waals surface area contributed by atoms with Crippen molar-refractivity contribution in [1.82, 2.24) is 0 Å². The molecular formula is C17H24O3. The van der Waals surface area contributed by atoms with Gasteiger partial charge in [0.1, 0.15) is 11.5 Å². The molecule has 0 aliphatic heterocycles. The van der Waals surface area contributed by atoms with E-state index in [0.29, 0.717) is 0 Å². The number of phenolic OH excluding ortho intramolecular Hbond substituents is 2. The Bertz CT molecular complexity index is 517. The van der Waals surface area contributed by atoms with Crippen molar-refractivity contribution in [3.63, 3.8) is 0 Å². The first-order valence-electron chi connectivity index (χ1n) is 7.09. The number of methoxy groups -OCH3 is 1. The third-order valence-corrected chi connectivity index (χ3v) is 4.54. The van der Waals surface area contributed by atoms with Gasteiger partial charge in [0.2, 0.25) is 0 Å². The zero-order chi connectivity index (χ0) is 14.9. The summed E-state index contributed by atoms with van der Waals surface area (Å²) in [4.78, 5) is 0. The Hall–Kier alpha value is -1.48. The van der Waals surface area contributed by atoms with Crippen LogP contribution in [0.15, 0.2) is 29.8 Å². The lowest BCUT2D eigenvalue weighted by Gasteiger charge is -2.40. The first-order valence-corrected chi connectivity index (χ1v) is 7.09. The maximum absolute atomic E-state index is 10.1. The fourth-order valence-electron chi connectivity index (χ4n) is 3.12. The van der Waals surface area contributed by atoms with Crippen molar-refractivity contribution in [2.45, 2.75) is 45.1 Å². The molecule has 0 fully saturated rings. The Morgan fingerprint density at radius 3 is 2.60 bits per heavy atom. The van der Waals surface area contributed by atoms with Crippen LogP contribution in [0.3, 0.4) is 0 Å². The van der Waals surface area contributed by atoms with E-state index in [1.165, 1.54) is 11.6 Å². The van der Waals surface area contributed by atoms with Gasteiger partial charge in [0, 0.05) is 18.6 Å². The summed E-state index contributed by atoms with van der Waals surface area (Å²) in [5.41, 5.74) is 1.82. The van der Waals surface area contributed by atoms with Gasteiger partial charge in [-0.1, -0.05) is 11.6 Å². The molecule has 110 valence electrons. The first-order chi connectivity index (χ1) is 9.35. The highest BCUT2D eigenvalue weighted by Crippen LogP contribution is 2.46. The van der Waals surface area contributed by atoms with E-state index in [-0.39, 0.29) is 28.9 Å². The van der Waals surface area contributed by atoms with Gasteiger partial charge in [-0.2, -0.15) is 0 Å². The summed E-state index contributed by atoms with van der Waals surface area (Å²) in [7, 11) is 1.73. The molecule has 2 atom stereocenters. The maximum Gasteiger partial charge on any atom is 0.119 e. The summed E-state index contributed by atoms with van der Waals surface area (Å²) in [6.45, 7) is 6.28. The molecule has 20 heavy (non-hydrogen) atoms. The summed E-state index contributed by atoms with van der Waals surface area (Å²) < 4.78 is 5.66. The van der Waals surface area contributed by atoms with Gasteiger partial charge in [-0.15, -0.1) is 0 Å². The van der Waals surface area contributed by atoms with Gasteiger partial charge in [0.05, 0.1) is 5.60 Å². The molecule has 0 aromatic heterocycles. The van der Waals surface area contributed by atoms with Gasteiger partial charge >= 0.3 is 0 Å². The Balaban J connectivity index is 2.48. The molecule has 0 heterocycles. The normalized spacial score (nSPS) is 23.5. The summed E-state index contributed by atoms with van der Waals surface area (Å²) >= 11 is 0. The number of phenols is 2. The van der Waals surface area contributed by atoms with Crippen molar-refractivity contribution in [3.05, 3.63) is 35.4 Å². The van der Waals surface area contributed by atoms with Crippen LogP contribution in [0.25, 0.3) is 0 Å². The smallest absolute Gasteiger partial charge is 0.119 e. The van der Waals surface area contributed by atoms with Crippen LogP contribution < -0.4 is 0 Å². The van der Waals surface area contributed by atoms with E-state index in [1.54, 1.807) is 19.2 Å². The lowest BCUT2D eigenvalue weighted by atomic mass is 9.70. The van der Waals surface area contributed by atoms with E-state index >= 15 is 0 Å². The van der Waals surface area contributed by atoms with E-state index in [1.807, 2.05) is 0 Å². The molecule has 0 saturated heterocycles. The van der Waals surface area contributed by atoms with Gasteiger partial charge in [-0.3, -0.25) is 0 Å². The maximum atomic E-state index is 10.1. The van der Waals surface area contributed by atoms with Crippen LogP contribution in [-0.2, 0) is 4.74 Å². The van der Waals surface area contributed by atoms with Gasteiger partial charge in [0.15, 0.2) is 0 Å². The second-order valence-corrected chi connectivity index (χ2v) is 6.23. The van der Waals surface area contributed by atoms with Crippen LogP contribution in [0.4, 0.5) is 0 Å². The van der Waals surface area contributed by atoms with Crippen LogP contribution in [0.1, 0.15) is 45.1 Å². The molecule has 0 spiro atoms. The van der Waals surface area contributed by atoms with Gasteiger partial charge in [-0.05, 0) is 57.7 Å². The molecule has 3 nitrogen and oxygen atoms in total. The fraction of sp³-hybridized carbons (Fsp3) is 0.529. The minimum Gasteiger partial charge on any atom is -0.508 e. The van der Waals surface area contributed by atoms with Crippen molar-refractivity contribution in [1.29, 1.82) is 0 Å². The second kappa shape index (κ2) is 5.49. The topological polar surface area (TPSA) is 49.7 Å². The van der Waals surface area contributed by atoms with Crippen molar-refractivity contribution >= 4 is 0 Å². The number of hydrogen-bond acceptors (Lipinski definition) is 3.